The van der Waals surface area contributed by atoms with Gasteiger partial charge in [0.15, 0.2) is 5.78 Å². The van der Waals surface area contributed by atoms with Gasteiger partial charge in [-0.3, -0.25) is 9.59 Å². The first-order valence-electron chi connectivity index (χ1n) is 14.5. The number of hydrogen-bond acceptors (Lipinski definition) is 7. The molecular formula is C30H50N4O6. The van der Waals surface area contributed by atoms with E-state index < -0.39 is 11.7 Å². The van der Waals surface area contributed by atoms with E-state index in [2.05, 4.69) is 21.3 Å². The maximum Gasteiger partial charge on any atom is 0.407 e. The first-order valence-corrected chi connectivity index (χ1v) is 14.5. The molecule has 0 atom stereocenters. The Bertz CT molecular complexity index is 914. The van der Waals surface area contributed by atoms with Crippen LogP contribution in [0.5, 0.6) is 0 Å². The molecule has 10 nitrogen and oxygen atoms in total. The number of Topliss-reactive ketones (excluding diaryl/α,β-unsaturated/α-hetero) is 1. The first-order chi connectivity index (χ1) is 19.0. The van der Waals surface area contributed by atoms with Gasteiger partial charge >= 0.3 is 12.2 Å². The predicted octanol–water partition coefficient (Wildman–Crippen LogP) is 4.83. The highest BCUT2D eigenvalue weighted by atomic mass is 16.6. The summed E-state index contributed by atoms with van der Waals surface area (Å²) < 4.78 is 10.3. The molecule has 0 spiro atoms. The van der Waals surface area contributed by atoms with Crippen LogP contribution in [0, 0.1) is 5.92 Å². The Morgan fingerprint density at radius 1 is 0.750 bits per heavy atom. The SMILES string of the molecule is CC(C)COC(=O)NCCCCCNCCC(=O)c1cccc(C(=O)NCCCCCNC(=O)OC(C)(C)C)c1. The molecule has 1 aromatic carbocycles. The molecule has 0 unspecified atom stereocenters. The quantitative estimate of drug-likeness (QED) is 0.140. The van der Waals surface area contributed by atoms with Crippen molar-refractivity contribution in [3.05, 3.63) is 35.4 Å². The highest BCUT2D eigenvalue weighted by molar-refractivity contribution is 6.00. The third-order valence-electron chi connectivity index (χ3n) is 5.63. The first kappa shape index (κ1) is 34.9. The standard InChI is InChI=1S/C30H50N4O6/c1-23(2)22-39-28(37)33-18-10-6-8-16-31-20-15-26(35)24-13-12-14-25(21-24)27(36)32-17-9-7-11-19-34-29(38)40-30(3,4)5/h12-14,21,23,31H,6-11,15-20,22H2,1-5H3,(H,32,36)(H,33,37)(H,34,38). The summed E-state index contributed by atoms with van der Waals surface area (Å²) in [4.78, 5) is 48.2. The molecular weight excluding hydrogens is 512 g/mol. The average molecular weight is 563 g/mol. The molecule has 0 aliphatic carbocycles. The molecule has 3 amide bonds. The molecule has 0 saturated carbocycles. The second kappa shape index (κ2) is 19.8. The molecule has 0 saturated heterocycles. The molecule has 226 valence electrons. The van der Waals surface area contributed by atoms with E-state index in [0.29, 0.717) is 56.3 Å². The maximum atomic E-state index is 12.6. The summed E-state index contributed by atoms with van der Waals surface area (Å²) in [7, 11) is 0. The number of hydrogen-bond donors (Lipinski definition) is 4. The number of rotatable bonds is 19. The smallest absolute Gasteiger partial charge is 0.407 e. The van der Waals surface area contributed by atoms with Crippen molar-refractivity contribution in [3.63, 3.8) is 0 Å². The number of carbonyl (C=O) groups excluding carboxylic acids is 4. The Morgan fingerprint density at radius 3 is 1.95 bits per heavy atom. The van der Waals surface area contributed by atoms with E-state index in [1.165, 1.54) is 0 Å². The molecule has 4 N–H and O–H groups in total. The largest absolute Gasteiger partial charge is 0.449 e. The lowest BCUT2D eigenvalue weighted by atomic mass is 10.0. The fraction of sp³-hybridized carbons (Fsp3) is 0.667. The molecule has 0 bridgehead atoms. The molecule has 0 heterocycles. The van der Waals surface area contributed by atoms with Crippen LogP contribution in [0.4, 0.5) is 9.59 Å². The van der Waals surface area contributed by atoms with Crippen LogP contribution in [0.3, 0.4) is 0 Å². The number of benzene rings is 1. The van der Waals surface area contributed by atoms with E-state index in [4.69, 9.17) is 9.47 Å². The third kappa shape index (κ3) is 18.2. The van der Waals surface area contributed by atoms with Crippen LogP contribution < -0.4 is 21.3 Å². The minimum atomic E-state index is -0.515. The van der Waals surface area contributed by atoms with Crippen molar-refractivity contribution >= 4 is 23.9 Å². The van der Waals surface area contributed by atoms with Gasteiger partial charge in [-0.05, 0) is 77.5 Å². The summed E-state index contributed by atoms with van der Waals surface area (Å²) >= 11 is 0. The molecule has 0 aliphatic rings. The number of ether oxygens (including phenoxy) is 2. The number of alkyl carbamates (subject to hydrolysis) is 2. The lowest BCUT2D eigenvalue weighted by molar-refractivity contribution is 0.0526. The summed E-state index contributed by atoms with van der Waals surface area (Å²) in [5.41, 5.74) is 0.476. The molecule has 40 heavy (non-hydrogen) atoms. The molecule has 1 rings (SSSR count). The van der Waals surface area contributed by atoms with Crippen molar-refractivity contribution < 1.29 is 28.7 Å². The van der Waals surface area contributed by atoms with Gasteiger partial charge in [0.1, 0.15) is 5.60 Å². The second-order valence-corrected chi connectivity index (χ2v) is 11.2. The lowest BCUT2D eigenvalue weighted by Gasteiger charge is -2.19. The monoisotopic (exact) mass is 562 g/mol. The van der Waals surface area contributed by atoms with Crippen molar-refractivity contribution in [1.82, 2.24) is 21.3 Å². The summed E-state index contributed by atoms with van der Waals surface area (Å²) in [6, 6.07) is 6.80. The Morgan fingerprint density at radius 2 is 1.32 bits per heavy atom. The third-order valence-corrected chi connectivity index (χ3v) is 5.63. The van der Waals surface area contributed by atoms with Gasteiger partial charge in [-0.2, -0.15) is 0 Å². The van der Waals surface area contributed by atoms with E-state index in [9.17, 15) is 19.2 Å². The number of amides is 3. The number of nitrogens with one attached hydrogen (secondary N) is 4. The van der Waals surface area contributed by atoms with Crippen LogP contribution in [0.25, 0.3) is 0 Å². The number of carbonyl (C=O) groups is 4. The highest BCUT2D eigenvalue weighted by Crippen LogP contribution is 2.09. The topological polar surface area (TPSA) is 135 Å². The second-order valence-electron chi connectivity index (χ2n) is 11.2. The zero-order chi connectivity index (χ0) is 29.8. The molecule has 0 aliphatic heterocycles. The van der Waals surface area contributed by atoms with Gasteiger partial charge in [-0.25, -0.2) is 9.59 Å². The minimum absolute atomic E-state index is 0.0104. The molecule has 0 radical (unpaired) electrons. The Labute approximate surface area is 239 Å². The van der Waals surface area contributed by atoms with E-state index >= 15 is 0 Å². The predicted molar refractivity (Wildman–Crippen MR) is 157 cm³/mol. The van der Waals surface area contributed by atoms with Crippen LogP contribution >= 0.6 is 0 Å². The fourth-order valence-electron chi connectivity index (χ4n) is 3.58. The van der Waals surface area contributed by atoms with Gasteiger partial charge in [-0.15, -0.1) is 0 Å². The van der Waals surface area contributed by atoms with Crippen LogP contribution in [0.1, 0.15) is 100 Å². The van der Waals surface area contributed by atoms with Crippen LogP contribution in [-0.4, -0.2) is 68.8 Å². The van der Waals surface area contributed by atoms with Gasteiger partial charge in [0.2, 0.25) is 0 Å². The Balaban J connectivity index is 2.15. The maximum absolute atomic E-state index is 12.6. The van der Waals surface area contributed by atoms with Gasteiger partial charge in [-0.1, -0.05) is 32.4 Å². The van der Waals surface area contributed by atoms with Crippen molar-refractivity contribution in [2.75, 3.05) is 39.3 Å². The van der Waals surface area contributed by atoms with E-state index in [1.807, 2.05) is 34.6 Å². The van der Waals surface area contributed by atoms with Crippen molar-refractivity contribution in [3.8, 4) is 0 Å². The van der Waals surface area contributed by atoms with Crippen molar-refractivity contribution in [2.24, 2.45) is 5.92 Å². The molecule has 0 fully saturated rings. The van der Waals surface area contributed by atoms with E-state index in [0.717, 1.165) is 45.1 Å². The summed E-state index contributed by atoms with van der Waals surface area (Å²) in [6.45, 7) is 12.9. The summed E-state index contributed by atoms with van der Waals surface area (Å²) in [6.07, 6.45) is 4.78. The zero-order valence-electron chi connectivity index (χ0n) is 25.0. The van der Waals surface area contributed by atoms with E-state index in [-0.39, 0.29) is 17.8 Å². The molecule has 0 aromatic heterocycles. The molecule has 1 aromatic rings. The lowest BCUT2D eigenvalue weighted by Crippen LogP contribution is -2.33. The fourth-order valence-corrected chi connectivity index (χ4v) is 3.58. The number of ketones is 1. The molecule has 10 heteroatoms. The minimum Gasteiger partial charge on any atom is -0.449 e. The van der Waals surface area contributed by atoms with Crippen molar-refractivity contribution in [2.45, 2.75) is 85.2 Å². The van der Waals surface area contributed by atoms with Crippen molar-refractivity contribution in [1.29, 1.82) is 0 Å². The van der Waals surface area contributed by atoms with Crippen LogP contribution in [0.2, 0.25) is 0 Å². The normalized spacial score (nSPS) is 11.2. The zero-order valence-corrected chi connectivity index (χ0v) is 25.0. The van der Waals surface area contributed by atoms with Gasteiger partial charge in [0, 0.05) is 43.7 Å². The van der Waals surface area contributed by atoms with Gasteiger partial charge in [0.25, 0.3) is 5.91 Å². The van der Waals surface area contributed by atoms with Crippen LogP contribution in [0.15, 0.2) is 24.3 Å². The van der Waals surface area contributed by atoms with E-state index in [1.54, 1.807) is 24.3 Å². The van der Waals surface area contributed by atoms with Gasteiger partial charge < -0.3 is 30.7 Å². The highest BCUT2D eigenvalue weighted by Gasteiger charge is 2.15. The summed E-state index contributed by atoms with van der Waals surface area (Å²) in [5, 5.41) is 11.6. The Kier molecular flexibility index (Phi) is 17.3. The Hall–Kier alpha value is -3.14. The van der Waals surface area contributed by atoms with Gasteiger partial charge in [0.05, 0.1) is 6.61 Å². The summed E-state index contributed by atoms with van der Waals surface area (Å²) in [5.74, 6) is 0.105. The number of unbranched alkanes of at least 4 members (excludes halogenated alkanes) is 4. The van der Waals surface area contributed by atoms with Crippen LogP contribution in [-0.2, 0) is 9.47 Å². The average Bonchev–Trinajstić information content (AvgIpc) is 2.89.